The second-order valence-electron chi connectivity index (χ2n) is 7.49. The van der Waals surface area contributed by atoms with E-state index in [1.807, 2.05) is 0 Å². The number of rotatable bonds is 8. The monoisotopic (exact) mass is 511 g/mol. The van der Waals surface area contributed by atoms with Crippen LogP contribution in [0.25, 0.3) is 0 Å². The van der Waals surface area contributed by atoms with Gasteiger partial charge < -0.3 is 14.8 Å². The highest BCUT2D eigenvalue weighted by Crippen LogP contribution is 2.24. The summed E-state index contributed by atoms with van der Waals surface area (Å²) in [4.78, 5) is 18.4. The van der Waals surface area contributed by atoms with Crippen molar-refractivity contribution in [1.29, 1.82) is 0 Å². The molecule has 1 fully saturated rings. The first-order chi connectivity index (χ1) is 15.6. The number of pyridine rings is 1. The van der Waals surface area contributed by atoms with Crippen LogP contribution in [-0.4, -0.2) is 35.4 Å². The fourth-order valence-corrected chi connectivity index (χ4v) is 3.40. The molecule has 1 aromatic heterocycles. The molecule has 0 radical (unpaired) electrons. The number of aromatic nitrogens is 1. The van der Waals surface area contributed by atoms with Crippen molar-refractivity contribution < 1.29 is 23.0 Å². The number of halogens is 4. The third kappa shape index (κ3) is 7.55. The molecule has 34 heavy (non-hydrogen) atoms. The van der Waals surface area contributed by atoms with Gasteiger partial charge in [-0.2, -0.15) is 0 Å². The number of amides is 1. The number of benzene rings is 2. The van der Waals surface area contributed by atoms with Crippen LogP contribution >= 0.6 is 24.8 Å². The molecular formula is C24H25Cl2F2N3O3. The minimum Gasteiger partial charge on any atom is -0.489 e. The Kier molecular flexibility index (Phi) is 10.5. The number of anilines is 1. The first-order valence-electron chi connectivity index (χ1n) is 10.4. The van der Waals surface area contributed by atoms with E-state index in [-0.39, 0.29) is 42.9 Å². The number of hydrogen-bond donors (Lipinski definition) is 1. The van der Waals surface area contributed by atoms with E-state index in [2.05, 4.69) is 15.2 Å². The lowest BCUT2D eigenvalue weighted by Gasteiger charge is -2.14. The van der Waals surface area contributed by atoms with Crippen molar-refractivity contribution >= 4 is 36.4 Å². The van der Waals surface area contributed by atoms with Crippen LogP contribution in [0.5, 0.6) is 17.4 Å². The Balaban J connectivity index is 0.00000204. The summed E-state index contributed by atoms with van der Waals surface area (Å²) < 4.78 is 38.2. The van der Waals surface area contributed by atoms with E-state index in [9.17, 15) is 13.6 Å². The van der Waals surface area contributed by atoms with Crippen molar-refractivity contribution in [1.82, 2.24) is 9.88 Å². The molecule has 1 aliphatic rings. The summed E-state index contributed by atoms with van der Waals surface area (Å²) in [6.07, 6.45) is 3.82. The van der Waals surface area contributed by atoms with Crippen LogP contribution in [0.1, 0.15) is 18.4 Å². The van der Waals surface area contributed by atoms with Crippen molar-refractivity contribution in [3.05, 3.63) is 78.0 Å². The minimum atomic E-state index is -0.908. The highest BCUT2D eigenvalue weighted by atomic mass is 35.5. The van der Waals surface area contributed by atoms with Gasteiger partial charge in [-0.15, -0.1) is 24.8 Å². The van der Waals surface area contributed by atoms with Gasteiger partial charge in [0, 0.05) is 11.6 Å². The fraction of sp³-hybridized carbons (Fsp3) is 0.250. The van der Waals surface area contributed by atoms with Gasteiger partial charge in [-0.05, 0) is 62.3 Å². The standard InChI is InChI=1S/C24H23F2N3O3.2ClH/c25-21-5-3-4-17(24(21)26)16-31-19-7-9-20(10-8-19)32-23-11-6-18(14-27-23)28-22(30)15-29-12-1-2-13-29;;/h3-11,14H,1-2,12-13,15-16H2,(H,28,30);2*1H. The van der Waals surface area contributed by atoms with Crippen LogP contribution in [0.3, 0.4) is 0 Å². The summed E-state index contributed by atoms with van der Waals surface area (Å²) in [5, 5.41) is 2.84. The summed E-state index contributed by atoms with van der Waals surface area (Å²) in [5.74, 6) is -0.472. The maximum Gasteiger partial charge on any atom is 0.238 e. The Hall–Kier alpha value is -2.94. The number of carbonyl (C=O) groups is 1. The molecule has 2 aromatic carbocycles. The molecule has 1 amide bonds. The molecule has 0 atom stereocenters. The molecule has 0 aliphatic carbocycles. The summed E-state index contributed by atoms with van der Waals surface area (Å²) in [7, 11) is 0. The molecule has 6 nitrogen and oxygen atoms in total. The normalized spacial score (nSPS) is 12.9. The molecule has 0 saturated carbocycles. The molecule has 1 N–H and O–H groups in total. The third-order valence-corrected chi connectivity index (χ3v) is 5.06. The van der Waals surface area contributed by atoms with Gasteiger partial charge in [0.1, 0.15) is 18.1 Å². The number of hydrogen-bond acceptors (Lipinski definition) is 5. The highest BCUT2D eigenvalue weighted by Gasteiger charge is 2.15. The zero-order chi connectivity index (χ0) is 22.3. The number of ether oxygens (including phenoxy) is 2. The van der Waals surface area contributed by atoms with Gasteiger partial charge >= 0.3 is 0 Å². The van der Waals surface area contributed by atoms with Crippen LogP contribution in [0.2, 0.25) is 0 Å². The first-order valence-corrected chi connectivity index (χ1v) is 10.4. The molecule has 1 aliphatic heterocycles. The largest absolute Gasteiger partial charge is 0.489 e. The zero-order valence-corrected chi connectivity index (χ0v) is 19.8. The van der Waals surface area contributed by atoms with Crippen LogP contribution in [0.4, 0.5) is 14.5 Å². The number of nitrogens with zero attached hydrogens (tertiary/aromatic N) is 2. The maximum absolute atomic E-state index is 13.7. The molecule has 3 aromatic rings. The highest BCUT2D eigenvalue weighted by molar-refractivity contribution is 5.92. The smallest absolute Gasteiger partial charge is 0.238 e. The molecule has 182 valence electrons. The van der Waals surface area contributed by atoms with Crippen molar-refractivity contribution in [3.8, 4) is 17.4 Å². The molecule has 10 heteroatoms. The number of nitrogens with one attached hydrogen (secondary N) is 1. The van der Waals surface area contributed by atoms with Crippen LogP contribution < -0.4 is 14.8 Å². The molecule has 1 saturated heterocycles. The van der Waals surface area contributed by atoms with E-state index in [1.54, 1.807) is 42.6 Å². The first kappa shape index (κ1) is 27.3. The lowest BCUT2D eigenvalue weighted by Crippen LogP contribution is -2.30. The van der Waals surface area contributed by atoms with Crippen molar-refractivity contribution in [2.45, 2.75) is 19.4 Å². The summed E-state index contributed by atoms with van der Waals surface area (Å²) in [6, 6.07) is 14.1. The van der Waals surface area contributed by atoms with Gasteiger partial charge in [-0.1, -0.05) is 12.1 Å². The fourth-order valence-electron chi connectivity index (χ4n) is 3.40. The second-order valence-corrected chi connectivity index (χ2v) is 7.49. The Labute approximate surface area is 209 Å². The van der Waals surface area contributed by atoms with Gasteiger partial charge in [0.25, 0.3) is 0 Å². The Bertz CT molecular complexity index is 1060. The lowest BCUT2D eigenvalue weighted by molar-refractivity contribution is -0.117. The van der Waals surface area contributed by atoms with E-state index < -0.39 is 11.6 Å². The predicted molar refractivity (Wildman–Crippen MR) is 130 cm³/mol. The number of likely N-dealkylation sites (tertiary alicyclic amines) is 1. The SMILES string of the molecule is Cl.Cl.O=C(CN1CCCC1)Nc1ccc(Oc2ccc(OCc3cccc(F)c3F)cc2)nc1. The lowest BCUT2D eigenvalue weighted by atomic mass is 10.2. The van der Waals surface area contributed by atoms with Gasteiger partial charge in [-0.3, -0.25) is 9.69 Å². The van der Waals surface area contributed by atoms with Gasteiger partial charge in [0.2, 0.25) is 11.8 Å². The maximum atomic E-state index is 13.7. The Morgan fingerprint density at radius 1 is 0.971 bits per heavy atom. The quantitative estimate of drug-likeness (QED) is 0.425. The zero-order valence-electron chi connectivity index (χ0n) is 18.2. The third-order valence-electron chi connectivity index (χ3n) is 5.06. The van der Waals surface area contributed by atoms with Crippen molar-refractivity contribution in [2.75, 3.05) is 25.0 Å². The van der Waals surface area contributed by atoms with Gasteiger partial charge in [0.05, 0.1) is 18.4 Å². The summed E-state index contributed by atoms with van der Waals surface area (Å²) in [5.41, 5.74) is 0.747. The minimum absolute atomic E-state index is 0. The van der Waals surface area contributed by atoms with Crippen LogP contribution in [-0.2, 0) is 11.4 Å². The Morgan fingerprint density at radius 2 is 1.68 bits per heavy atom. The van der Waals surface area contributed by atoms with E-state index in [4.69, 9.17) is 9.47 Å². The molecule has 0 unspecified atom stereocenters. The molecular weight excluding hydrogens is 487 g/mol. The predicted octanol–water partition coefficient (Wildman–Crippen LogP) is 5.61. The molecule has 2 heterocycles. The van der Waals surface area contributed by atoms with Crippen LogP contribution in [0, 0.1) is 11.6 Å². The summed E-state index contributed by atoms with van der Waals surface area (Å²) >= 11 is 0. The van der Waals surface area contributed by atoms with Crippen LogP contribution in [0.15, 0.2) is 60.8 Å². The van der Waals surface area contributed by atoms with E-state index in [0.29, 0.717) is 29.6 Å². The molecule has 4 rings (SSSR count). The second kappa shape index (κ2) is 13.1. The Morgan fingerprint density at radius 3 is 2.35 bits per heavy atom. The van der Waals surface area contributed by atoms with Gasteiger partial charge in [0.15, 0.2) is 11.6 Å². The summed E-state index contributed by atoms with van der Waals surface area (Å²) in [6.45, 7) is 2.22. The van der Waals surface area contributed by atoms with Crippen molar-refractivity contribution in [3.63, 3.8) is 0 Å². The average Bonchev–Trinajstić information content (AvgIpc) is 3.30. The molecule has 0 spiro atoms. The van der Waals surface area contributed by atoms with Crippen molar-refractivity contribution in [2.24, 2.45) is 0 Å². The topological polar surface area (TPSA) is 63.7 Å². The van der Waals surface area contributed by atoms with E-state index >= 15 is 0 Å². The van der Waals surface area contributed by atoms with E-state index in [0.717, 1.165) is 32.0 Å². The van der Waals surface area contributed by atoms with E-state index in [1.165, 1.54) is 12.1 Å². The number of carbonyl (C=O) groups excluding carboxylic acids is 1. The van der Waals surface area contributed by atoms with Gasteiger partial charge in [-0.25, -0.2) is 13.8 Å². The molecule has 0 bridgehead atoms. The average molecular weight is 512 g/mol.